The van der Waals surface area contributed by atoms with E-state index in [1.807, 2.05) is 18.7 Å². The normalized spacial score (nSPS) is 18.5. The third-order valence-electron chi connectivity index (χ3n) is 10.1. The number of hydrogen-bond acceptors (Lipinski definition) is 6. The number of imidazole rings is 1. The molecular weight excluding hydrogens is 562 g/mol. The fourth-order valence-electron chi connectivity index (χ4n) is 7.11. The predicted molar refractivity (Wildman–Crippen MR) is 183 cm³/mol. The van der Waals surface area contributed by atoms with Crippen LogP contribution < -0.4 is 0 Å². The SMILES string of the molecule is CCCCCCCCCOC(=O)CCCCCCCN(CCCCCCCC(=O)OCC12CC(C1)C2)CCCCn1ccnc1. The maximum Gasteiger partial charge on any atom is 0.305 e. The molecule has 0 N–H and O–H groups in total. The predicted octanol–water partition coefficient (Wildman–Crippen LogP) is 9.28. The van der Waals surface area contributed by atoms with Gasteiger partial charge in [-0.1, -0.05) is 84.0 Å². The molecule has 0 aromatic carbocycles. The molecule has 4 rings (SSSR count). The monoisotopic (exact) mass is 630 g/mol. The van der Waals surface area contributed by atoms with E-state index in [1.54, 1.807) is 0 Å². The number of carbonyl (C=O) groups excluding carboxylic acids is 2. The summed E-state index contributed by atoms with van der Waals surface area (Å²) < 4.78 is 13.2. The van der Waals surface area contributed by atoms with Gasteiger partial charge in [0.05, 0.1) is 19.5 Å². The van der Waals surface area contributed by atoms with Crippen molar-refractivity contribution in [3.05, 3.63) is 18.7 Å². The van der Waals surface area contributed by atoms with E-state index < -0.39 is 0 Å². The molecule has 0 aliphatic heterocycles. The first-order valence-electron chi connectivity index (χ1n) is 19.1. The largest absolute Gasteiger partial charge is 0.466 e. The van der Waals surface area contributed by atoms with Gasteiger partial charge < -0.3 is 18.9 Å². The van der Waals surface area contributed by atoms with Crippen LogP contribution in [0.2, 0.25) is 0 Å². The number of unbranched alkanes of at least 4 members (excludes halogenated alkanes) is 15. The van der Waals surface area contributed by atoms with Crippen molar-refractivity contribution in [1.82, 2.24) is 14.5 Å². The van der Waals surface area contributed by atoms with Crippen molar-refractivity contribution in [2.24, 2.45) is 11.3 Å². The molecule has 1 aromatic rings. The Labute approximate surface area is 275 Å². The van der Waals surface area contributed by atoms with Gasteiger partial charge in [-0.15, -0.1) is 0 Å². The average Bonchev–Trinajstić information content (AvgIpc) is 3.51. The highest BCUT2D eigenvalue weighted by atomic mass is 16.5. The molecule has 3 aliphatic rings. The van der Waals surface area contributed by atoms with Crippen molar-refractivity contribution in [3.63, 3.8) is 0 Å². The minimum Gasteiger partial charge on any atom is -0.466 e. The third kappa shape index (κ3) is 17.0. The molecule has 3 fully saturated rings. The summed E-state index contributed by atoms with van der Waals surface area (Å²) >= 11 is 0. The summed E-state index contributed by atoms with van der Waals surface area (Å²) in [5, 5.41) is 0. The molecule has 1 heterocycles. The zero-order valence-electron chi connectivity index (χ0n) is 29.0. The second-order valence-corrected chi connectivity index (χ2v) is 14.4. The molecule has 1 aromatic heterocycles. The highest BCUT2D eigenvalue weighted by molar-refractivity contribution is 5.69. The summed E-state index contributed by atoms with van der Waals surface area (Å²) in [4.78, 5) is 30.9. The van der Waals surface area contributed by atoms with Gasteiger partial charge in [0, 0.05) is 37.2 Å². The van der Waals surface area contributed by atoms with Crippen LogP contribution in [0.15, 0.2) is 18.7 Å². The number of nitrogens with zero attached hydrogens (tertiary/aromatic N) is 3. The molecule has 0 atom stereocenters. The summed E-state index contributed by atoms with van der Waals surface area (Å²) in [5.74, 6) is 0.947. The van der Waals surface area contributed by atoms with Crippen LogP contribution in [0.5, 0.6) is 0 Å². The van der Waals surface area contributed by atoms with E-state index in [0.29, 0.717) is 31.5 Å². The van der Waals surface area contributed by atoms with E-state index in [1.165, 1.54) is 122 Å². The van der Waals surface area contributed by atoms with Crippen LogP contribution in [-0.4, -0.2) is 59.2 Å². The molecule has 258 valence electrons. The number of aromatic nitrogens is 2. The van der Waals surface area contributed by atoms with Gasteiger partial charge in [0.2, 0.25) is 0 Å². The minimum absolute atomic E-state index is 0.0114. The zero-order valence-corrected chi connectivity index (χ0v) is 29.0. The van der Waals surface area contributed by atoms with E-state index in [2.05, 4.69) is 21.4 Å². The summed E-state index contributed by atoms with van der Waals surface area (Å²) in [6, 6.07) is 0. The summed E-state index contributed by atoms with van der Waals surface area (Å²) in [5.41, 5.74) is 0.397. The maximum atomic E-state index is 12.1. The number of aryl methyl sites for hydroxylation is 1. The molecule has 0 amide bonds. The first-order valence-corrected chi connectivity index (χ1v) is 19.1. The van der Waals surface area contributed by atoms with Crippen LogP contribution in [0, 0.1) is 11.3 Å². The first kappa shape index (κ1) is 37.6. The van der Waals surface area contributed by atoms with Gasteiger partial charge in [0.25, 0.3) is 0 Å². The molecule has 0 unspecified atom stereocenters. The Balaban J connectivity index is 1.15. The number of ether oxygens (including phenoxy) is 2. The smallest absolute Gasteiger partial charge is 0.305 e. The Kier molecular flexibility index (Phi) is 19.6. The quantitative estimate of drug-likeness (QED) is 0.0602. The zero-order chi connectivity index (χ0) is 31.8. The Bertz CT molecular complexity index is 873. The van der Waals surface area contributed by atoms with Gasteiger partial charge >= 0.3 is 11.9 Å². The van der Waals surface area contributed by atoms with Crippen LogP contribution in [0.3, 0.4) is 0 Å². The summed E-state index contributed by atoms with van der Waals surface area (Å²) in [6.45, 7) is 8.05. The molecule has 2 bridgehead atoms. The lowest BCUT2D eigenvalue weighted by Gasteiger charge is -2.61. The van der Waals surface area contributed by atoms with Crippen molar-refractivity contribution in [2.45, 2.75) is 168 Å². The Morgan fingerprint density at radius 2 is 1.24 bits per heavy atom. The molecule has 3 aliphatic carbocycles. The van der Waals surface area contributed by atoms with E-state index in [4.69, 9.17) is 9.47 Å². The summed E-state index contributed by atoms with van der Waals surface area (Å²) in [7, 11) is 0. The lowest BCUT2D eigenvalue weighted by molar-refractivity contribution is -0.174. The third-order valence-corrected chi connectivity index (χ3v) is 10.1. The average molecular weight is 630 g/mol. The van der Waals surface area contributed by atoms with Gasteiger partial charge in [-0.05, 0) is 89.8 Å². The van der Waals surface area contributed by atoms with Crippen LogP contribution in [-0.2, 0) is 25.6 Å². The van der Waals surface area contributed by atoms with Crippen LogP contribution in [0.4, 0.5) is 0 Å². The Hall–Kier alpha value is -1.89. The Morgan fingerprint density at radius 3 is 1.80 bits per heavy atom. The van der Waals surface area contributed by atoms with Crippen molar-refractivity contribution in [1.29, 1.82) is 0 Å². The van der Waals surface area contributed by atoms with Crippen molar-refractivity contribution in [3.8, 4) is 0 Å². The lowest BCUT2D eigenvalue weighted by atomic mass is 9.45. The minimum atomic E-state index is -0.0114. The van der Waals surface area contributed by atoms with E-state index in [0.717, 1.165) is 51.1 Å². The molecule has 7 heteroatoms. The van der Waals surface area contributed by atoms with E-state index >= 15 is 0 Å². The molecule has 0 radical (unpaired) electrons. The Morgan fingerprint density at radius 1 is 0.711 bits per heavy atom. The number of hydrogen-bond donors (Lipinski definition) is 0. The van der Waals surface area contributed by atoms with Gasteiger partial charge in [0.1, 0.15) is 0 Å². The first-order chi connectivity index (χ1) is 22.1. The number of esters is 2. The second-order valence-electron chi connectivity index (χ2n) is 14.4. The van der Waals surface area contributed by atoms with Crippen LogP contribution >= 0.6 is 0 Å². The van der Waals surface area contributed by atoms with E-state index in [-0.39, 0.29) is 11.9 Å². The molecule has 7 nitrogen and oxygen atoms in total. The molecular formula is C38H67N3O4. The topological polar surface area (TPSA) is 73.7 Å². The second kappa shape index (κ2) is 23.4. The van der Waals surface area contributed by atoms with Crippen LogP contribution in [0.25, 0.3) is 0 Å². The van der Waals surface area contributed by atoms with Gasteiger partial charge in [-0.3, -0.25) is 9.59 Å². The molecule has 0 saturated heterocycles. The maximum absolute atomic E-state index is 12.1. The number of carbonyl (C=O) groups is 2. The fourth-order valence-corrected chi connectivity index (χ4v) is 7.11. The van der Waals surface area contributed by atoms with Gasteiger partial charge in [0.15, 0.2) is 0 Å². The van der Waals surface area contributed by atoms with Crippen molar-refractivity contribution < 1.29 is 19.1 Å². The van der Waals surface area contributed by atoms with Crippen molar-refractivity contribution >= 4 is 11.9 Å². The number of rotatable bonds is 31. The van der Waals surface area contributed by atoms with E-state index in [9.17, 15) is 9.59 Å². The fraction of sp³-hybridized carbons (Fsp3) is 0.868. The standard InChI is InChI=1S/C38H67N3O4/c1-2-3-4-5-6-13-20-29-44-36(42)21-14-9-7-11-16-24-40(26-18-19-27-41-28-23-39-34-41)25-17-12-8-10-15-22-37(43)45-33-38-30-35(31-38)32-38/h23,28,34-35H,2-22,24-27,29-33H2,1H3. The molecule has 0 spiro atoms. The highest BCUT2D eigenvalue weighted by Crippen LogP contribution is 2.64. The molecule has 45 heavy (non-hydrogen) atoms. The lowest BCUT2D eigenvalue weighted by Crippen LogP contribution is -2.54. The van der Waals surface area contributed by atoms with Crippen molar-refractivity contribution in [2.75, 3.05) is 32.8 Å². The highest BCUT2D eigenvalue weighted by Gasteiger charge is 2.57. The molecule has 3 saturated carbocycles. The van der Waals surface area contributed by atoms with Crippen LogP contribution in [0.1, 0.15) is 161 Å². The van der Waals surface area contributed by atoms with Gasteiger partial charge in [-0.25, -0.2) is 4.98 Å². The summed E-state index contributed by atoms with van der Waals surface area (Å²) in [6.07, 6.45) is 33.4. The van der Waals surface area contributed by atoms with Gasteiger partial charge in [-0.2, -0.15) is 0 Å².